The fourth-order valence-electron chi connectivity index (χ4n) is 2.59. The molecule has 2 rings (SSSR count). The van der Waals surface area contributed by atoms with Gasteiger partial charge in [0, 0.05) is 25.9 Å². The highest BCUT2D eigenvalue weighted by Gasteiger charge is 2.35. The SMILES string of the molecule is COC[C@H]1CN(C(=O)Cc2cc(C)[nH]n2)CC(C)(C)O1. The Balaban J connectivity index is 2.00. The van der Waals surface area contributed by atoms with Crippen LogP contribution in [0.3, 0.4) is 0 Å². The van der Waals surface area contributed by atoms with Crippen LogP contribution in [0, 0.1) is 6.92 Å². The lowest BCUT2D eigenvalue weighted by Gasteiger charge is -2.42. The first-order chi connectivity index (χ1) is 9.39. The zero-order valence-electron chi connectivity index (χ0n) is 12.6. The minimum absolute atomic E-state index is 0.0754. The first-order valence-corrected chi connectivity index (χ1v) is 6.85. The lowest BCUT2D eigenvalue weighted by Crippen LogP contribution is -2.56. The summed E-state index contributed by atoms with van der Waals surface area (Å²) in [7, 11) is 1.64. The molecule has 0 radical (unpaired) electrons. The third kappa shape index (κ3) is 3.80. The van der Waals surface area contributed by atoms with Crippen molar-refractivity contribution in [2.75, 3.05) is 26.8 Å². The highest BCUT2D eigenvalue weighted by Crippen LogP contribution is 2.21. The Bertz CT molecular complexity index is 470. The van der Waals surface area contributed by atoms with Crippen molar-refractivity contribution in [1.82, 2.24) is 15.1 Å². The normalized spacial score (nSPS) is 22.0. The number of morpholine rings is 1. The number of hydrogen-bond donors (Lipinski definition) is 1. The lowest BCUT2D eigenvalue weighted by molar-refractivity contribution is -0.168. The zero-order valence-corrected chi connectivity index (χ0v) is 12.6. The molecule has 20 heavy (non-hydrogen) atoms. The number of carbonyl (C=O) groups excluding carboxylic acids is 1. The first kappa shape index (κ1) is 15.0. The van der Waals surface area contributed by atoms with Crippen LogP contribution in [-0.4, -0.2) is 59.5 Å². The molecule has 6 nitrogen and oxygen atoms in total. The van der Waals surface area contributed by atoms with Crippen molar-refractivity contribution in [2.24, 2.45) is 0 Å². The average molecular weight is 281 g/mol. The van der Waals surface area contributed by atoms with E-state index in [1.807, 2.05) is 31.7 Å². The summed E-state index contributed by atoms with van der Waals surface area (Å²) in [4.78, 5) is 14.2. The van der Waals surface area contributed by atoms with E-state index in [2.05, 4.69) is 10.2 Å². The quantitative estimate of drug-likeness (QED) is 0.891. The molecule has 0 unspecified atom stereocenters. The van der Waals surface area contributed by atoms with Crippen LogP contribution in [0.15, 0.2) is 6.07 Å². The van der Waals surface area contributed by atoms with Gasteiger partial charge in [0.15, 0.2) is 0 Å². The van der Waals surface area contributed by atoms with E-state index in [1.54, 1.807) is 7.11 Å². The lowest BCUT2D eigenvalue weighted by atomic mass is 10.0. The summed E-state index contributed by atoms with van der Waals surface area (Å²) >= 11 is 0. The molecule has 0 aromatic carbocycles. The first-order valence-electron chi connectivity index (χ1n) is 6.85. The molecule has 1 aromatic heterocycles. The monoisotopic (exact) mass is 281 g/mol. The molecular formula is C14H23N3O3. The number of H-pyrrole nitrogens is 1. The van der Waals surface area contributed by atoms with Crippen molar-refractivity contribution in [3.63, 3.8) is 0 Å². The van der Waals surface area contributed by atoms with E-state index in [0.29, 0.717) is 26.1 Å². The number of nitrogens with one attached hydrogen (secondary N) is 1. The number of ether oxygens (including phenoxy) is 2. The molecule has 0 spiro atoms. The van der Waals surface area contributed by atoms with Crippen molar-refractivity contribution in [2.45, 2.75) is 38.9 Å². The third-order valence-corrected chi connectivity index (χ3v) is 3.28. The van der Waals surface area contributed by atoms with E-state index in [9.17, 15) is 4.79 Å². The minimum atomic E-state index is -0.349. The van der Waals surface area contributed by atoms with E-state index in [-0.39, 0.29) is 17.6 Å². The number of hydrogen-bond acceptors (Lipinski definition) is 4. The maximum Gasteiger partial charge on any atom is 0.228 e. The standard InChI is InChI=1S/C14H23N3O3/c1-10-5-11(16-15-10)6-13(18)17-7-12(8-19-4)20-14(2,3)9-17/h5,12H,6-9H2,1-4H3,(H,15,16)/t12-/m1/s1. The molecule has 1 aliphatic rings. The number of aryl methyl sites for hydroxylation is 1. The van der Waals surface area contributed by atoms with Gasteiger partial charge in [-0.3, -0.25) is 9.89 Å². The number of carbonyl (C=O) groups is 1. The van der Waals surface area contributed by atoms with Crippen molar-refractivity contribution in [1.29, 1.82) is 0 Å². The minimum Gasteiger partial charge on any atom is -0.382 e. The van der Waals surface area contributed by atoms with Crippen molar-refractivity contribution in [3.05, 3.63) is 17.5 Å². The van der Waals surface area contributed by atoms with E-state index in [0.717, 1.165) is 11.4 Å². The van der Waals surface area contributed by atoms with Gasteiger partial charge in [0.2, 0.25) is 5.91 Å². The molecular weight excluding hydrogens is 258 g/mol. The van der Waals surface area contributed by atoms with Gasteiger partial charge in [0.1, 0.15) is 0 Å². The summed E-state index contributed by atoms with van der Waals surface area (Å²) < 4.78 is 11.1. The van der Waals surface area contributed by atoms with Gasteiger partial charge >= 0.3 is 0 Å². The number of aromatic nitrogens is 2. The molecule has 1 atom stereocenters. The predicted octanol–water partition coefficient (Wildman–Crippen LogP) is 0.913. The summed E-state index contributed by atoms with van der Waals surface area (Å²) in [5.74, 6) is 0.0778. The van der Waals surface area contributed by atoms with Crippen LogP contribution in [0.25, 0.3) is 0 Å². The van der Waals surface area contributed by atoms with E-state index in [1.165, 1.54) is 0 Å². The molecule has 1 amide bonds. The largest absolute Gasteiger partial charge is 0.382 e. The smallest absolute Gasteiger partial charge is 0.228 e. The van der Waals surface area contributed by atoms with Gasteiger partial charge in [-0.05, 0) is 26.8 Å². The summed E-state index contributed by atoms with van der Waals surface area (Å²) in [5, 5.41) is 6.97. The van der Waals surface area contributed by atoms with Gasteiger partial charge in [-0.25, -0.2) is 0 Å². The Hall–Kier alpha value is -1.40. The molecule has 0 saturated carbocycles. The summed E-state index contributed by atoms with van der Waals surface area (Å²) in [6.07, 6.45) is 0.244. The molecule has 1 aliphatic heterocycles. The van der Waals surface area contributed by atoms with Crippen LogP contribution in [0.2, 0.25) is 0 Å². The molecule has 1 saturated heterocycles. The number of methoxy groups -OCH3 is 1. The van der Waals surface area contributed by atoms with E-state index in [4.69, 9.17) is 9.47 Å². The molecule has 2 heterocycles. The van der Waals surface area contributed by atoms with Gasteiger partial charge in [-0.1, -0.05) is 0 Å². The number of amides is 1. The average Bonchev–Trinajstić information content (AvgIpc) is 2.73. The second kappa shape index (κ2) is 5.93. The molecule has 0 bridgehead atoms. The van der Waals surface area contributed by atoms with Crippen LogP contribution in [0.4, 0.5) is 0 Å². The van der Waals surface area contributed by atoms with Crippen molar-refractivity contribution in [3.8, 4) is 0 Å². The maximum absolute atomic E-state index is 12.4. The summed E-state index contributed by atoms with van der Waals surface area (Å²) in [6.45, 7) is 7.57. The topological polar surface area (TPSA) is 67.5 Å². The van der Waals surface area contributed by atoms with Gasteiger partial charge < -0.3 is 14.4 Å². The van der Waals surface area contributed by atoms with E-state index >= 15 is 0 Å². The summed E-state index contributed by atoms with van der Waals surface area (Å²) in [6, 6.07) is 1.90. The summed E-state index contributed by atoms with van der Waals surface area (Å²) in [5.41, 5.74) is 1.39. The number of nitrogens with zero attached hydrogens (tertiary/aromatic N) is 2. The fourth-order valence-corrected chi connectivity index (χ4v) is 2.59. The molecule has 1 aromatic rings. The van der Waals surface area contributed by atoms with Gasteiger partial charge in [-0.15, -0.1) is 0 Å². The van der Waals surface area contributed by atoms with Gasteiger partial charge in [0.25, 0.3) is 0 Å². The molecule has 1 N–H and O–H groups in total. The fraction of sp³-hybridized carbons (Fsp3) is 0.714. The Kier molecular flexibility index (Phi) is 4.45. The predicted molar refractivity (Wildman–Crippen MR) is 74.4 cm³/mol. The molecule has 112 valence electrons. The van der Waals surface area contributed by atoms with Crippen LogP contribution < -0.4 is 0 Å². The Morgan fingerprint density at radius 2 is 2.40 bits per heavy atom. The highest BCUT2D eigenvalue weighted by atomic mass is 16.5. The maximum atomic E-state index is 12.4. The molecule has 0 aliphatic carbocycles. The van der Waals surface area contributed by atoms with Crippen LogP contribution in [-0.2, 0) is 20.7 Å². The second-order valence-electron chi connectivity index (χ2n) is 5.95. The van der Waals surface area contributed by atoms with Crippen molar-refractivity contribution < 1.29 is 14.3 Å². The molecule has 1 fully saturated rings. The van der Waals surface area contributed by atoms with Gasteiger partial charge in [0.05, 0.1) is 30.4 Å². The number of aromatic amines is 1. The Labute approximate surface area is 119 Å². The van der Waals surface area contributed by atoms with Crippen LogP contribution >= 0.6 is 0 Å². The van der Waals surface area contributed by atoms with Gasteiger partial charge in [-0.2, -0.15) is 5.10 Å². The highest BCUT2D eigenvalue weighted by molar-refractivity contribution is 5.78. The van der Waals surface area contributed by atoms with Crippen LogP contribution in [0.1, 0.15) is 25.2 Å². The van der Waals surface area contributed by atoms with E-state index < -0.39 is 0 Å². The number of rotatable bonds is 4. The third-order valence-electron chi connectivity index (χ3n) is 3.28. The molecule has 6 heteroatoms. The second-order valence-corrected chi connectivity index (χ2v) is 5.95. The van der Waals surface area contributed by atoms with Crippen LogP contribution in [0.5, 0.6) is 0 Å². The zero-order chi connectivity index (χ0) is 14.8. The van der Waals surface area contributed by atoms with Crippen molar-refractivity contribution >= 4 is 5.91 Å². The Morgan fingerprint density at radius 1 is 1.65 bits per heavy atom. The Morgan fingerprint density at radius 3 is 3.00 bits per heavy atom.